The minimum atomic E-state index is -1.21. The fourth-order valence-electron chi connectivity index (χ4n) is 3.46. The van der Waals surface area contributed by atoms with Gasteiger partial charge in [0.05, 0.1) is 19.3 Å². The Balaban J connectivity index is 1.70. The van der Waals surface area contributed by atoms with Gasteiger partial charge in [-0.1, -0.05) is 41.9 Å². The van der Waals surface area contributed by atoms with Crippen LogP contribution >= 0.6 is 23.4 Å². The van der Waals surface area contributed by atoms with Crippen molar-refractivity contribution in [2.45, 2.75) is 12.1 Å². The van der Waals surface area contributed by atoms with E-state index >= 15 is 0 Å². The molecule has 0 radical (unpaired) electrons. The van der Waals surface area contributed by atoms with Crippen LogP contribution in [0.1, 0.15) is 12.5 Å². The second kappa shape index (κ2) is 11.8. The second-order valence-electron chi connectivity index (χ2n) is 7.43. The Hall–Kier alpha value is -4.02. The lowest BCUT2D eigenvalue weighted by atomic mass is 10.0. The van der Waals surface area contributed by atoms with E-state index in [9.17, 15) is 14.7 Å². The normalized spacial score (nSPS) is 11.4. The Morgan fingerprint density at radius 2 is 1.89 bits per heavy atom. The molecule has 1 N–H and O–H groups in total. The van der Waals surface area contributed by atoms with Crippen LogP contribution in [0.4, 0.5) is 0 Å². The molecule has 0 spiro atoms. The molecule has 0 aliphatic heterocycles. The first kappa shape index (κ1) is 26.1. The van der Waals surface area contributed by atoms with Crippen molar-refractivity contribution in [3.05, 3.63) is 70.1 Å². The lowest BCUT2D eigenvalue weighted by molar-refractivity contribution is -0.145. The highest BCUT2D eigenvalue weighted by Crippen LogP contribution is 2.37. The third-order valence-electron chi connectivity index (χ3n) is 5.06. The Labute approximate surface area is 221 Å². The van der Waals surface area contributed by atoms with E-state index in [4.69, 9.17) is 30.2 Å². The van der Waals surface area contributed by atoms with Crippen molar-refractivity contribution >= 4 is 52.1 Å². The largest absolute Gasteiger partial charge is 0.496 e. The van der Waals surface area contributed by atoms with Gasteiger partial charge < -0.3 is 23.7 Å². The fraction of sp³-hybridized carbons (Fsp3) is 0.154. The molecule has 0 saturated heterocycles. The molecule has 0 saturated carbocycles. The Morgan fingerprint density at radius 1 is 1.11 bits per heavy atom. The first-order chi connectivity index (χ1) is 17.9. The van der Waals surface area contributed by atoms with Crippen molar-refractivity contribution in [1.82, 2.24) is 10.2 Å². The summed E-state index contributed by atoms with van der Waals surface area (Å²) in [5.74, 6) is -0.837. The molecular formula is C26H21ClN2O7S. The van der Waals surface area contributed by atoms with Crippen LogP contribution in [0.2, 0.25) is 5.02 Å². The van der Waals surface area contributed by atoms with Crippen LogP contribution in [-0.2, 0) is 14.3 Å². The van der Waals surface area contributed by atoms with Gasteiger partial charge in [-0.25, -0.2) is 9.59 Å². The van der Waals surface area contributed by atoms with Gasteiger partial charge in [0.1, 0.15) is 16.4 Å². The summed E-state index contributed by atoms with van der Waals surface area (Å²) in [5, 5.41) is 20.0. The number of fused-ring (bicyclic) bond motifs is 1. The smallest absolute Gasteiger partial charge is 0.344 e. The number of esters is 1. The summed E-state index contributed by atoms with van der Waals surface area (Å²) >= 11 is 6.87. The van der Waals surface area contributed by atoms with E-state index in [1.807, 2.05) is 30.3 Å². The zero-order valence-corrected chi connectivity index (χ0v) is 21.3. The molecule has 1 heterocycles. The van der Waals surface area contributed by atoms with Crippen molar-refractivity contribution in [3.8, 4) is 23.0 Å². The Bertz CT molecular complexity index is 1490. The van der Waals surface area contributed by atoms with E-state index in [0.717, 1.165) is 22.5 Å². The van der Waals surface area contributed by atoms with Gasteiger partial charge >= 0.3 is 11.9 Å². The number of rotatable bonds is 10. The molecular weight excluding hydrogens is 520 g/mol. The quantitative estimate of drug-likeness (QED) is 0.152. The lowest BCUT2D eigenvalue weighted by Crippen LogP contribution is -2.15. The third kappa shape index (κ3) is 6.22. The summed E-state index contributed by atoms with van der Waals surface area (Å²) < 4.78 is 21.7. The topological polar surface area (TPSA) is 121 Å². The lowest BCUT2D eigenvalue weighted by Gasteiger charge is -2.12. The monoisotopic (exact) mass is 540 g/mol. The minimum absolute atomic E-state index is 0.0000859. The number of halogens is 1. The maximum absolute atomic E-state index is 12.2. The number of nitrogens with zero attached hydrogens (tertiary/aromatic N) is 2. The summed E-state index contributed by atoms with van der Waals surface area (Å²) in [5.41, 5.74) is 0.947. The van der Waals surface area contributed by atoms with E-state index in [1.165, 1.54) is 13.2 Å². The van der Waals surface area contributed by atoms with Crippen molar-refractivity contribution in [2.75, 3.05) is 20.3 Å². The molecule has 0 atom stereocenters. The third-order valence-corrected chi connectivity index (χ3v) is 6.15. The van der Waals surface area contributed by atoms with E-state index in [-0.39, 0.29) is 29.2 Å². The molecule has 11 heteroatoms. The Kier molecular flexibility index (Phi) is 8.32. The number of carboxylic acids is 1. The number of carboxylic acid groups (broad SMARTS) is 1. The highest BCUT2D eigenvalue weighted by atomic mass is 35.5. The van der Waals surface area contributed by atoms with Gasteiger partial charge in [0, 0.05) is 10.6 Å². The first-order valence-electron chi connectivity index (χ1n) is 11.0. The second-order valence-corrected chi connectivity index (χ2v) is 8.86. The number of carbonyl (C=O) groups is 2. The van der Waals surface area contributed by atoms with Crippen molar-refractivity contribution in [2.24, 2.45) is 0 Å². The maximum atomic E-state index is 12.2. The van der Waals surface area contributed by atoms with Crippen LogP contribution in [0.5, 0.6) is 11.5 Å². The molecule has 1 aromatic heterocycles. The number of benzene rings is 3. The average Bonchev–Trinajstić information content (AvgIpc) is 3.36. The van der Waals surface area contributed by atoms with E-state index in [1.54, 1.807) is 31.2 Å². The number of hydrogen-bond donors (Lipinski definition) is 1. The molecule has 0 amide bonds. The number of ether oxygens (including phenoxy) is 3. The molecule has 4 rings (SSSR count). The number of aliphatic carboxylic acids is 1. The molecule has 3 aromatic carbocycles. The van der Waals surface area contributed by atoms with Crippen LogP contribution in [-0.4, -0.2) is 47.6 Å². The SMILES string of the molecule is CCOC(=O)COc1ccc2ccccc2c1/C=C(\Sc1nnc(-c2cc(Cl)ccc2OC)o1)C(=O)O. The zero-order chi connectivity index (χ0) is 26.4. The summed E-state index contributed by atoms with van der Waals surface area (Å²) in [6.45, 7) is 1.60. The average molecular weight is 541 g/mol. The van der Waals surface area contributed by atoms with Gasteiger partial charge in [-0.2, -0.15) is 0 Å². The van der Waals surface area contributed by atoms with Gasteiger partial charge in [-0.05, 0) is 59.8 Å². The number of aromatic nitrogens is 2. The fourth-order valence-corrected chi connectivity index (χ4v) is 4.28. The molecule has 0 bridgehead atoms. The molecule has 0 aliphatic carbocycles. The highest BCUT2D eigenvalue weighted by molar-refractivity contribution is 8.03. The van der Waals surface area contributed by atoms with E-state index in [2.05, 4.69) is 10.2 Å². The zero-order valence-electron chi connectivity index (χ0n) is 19.8. The van der Waals surface area contributed by atoms with Gasteiger partial charge in [0.25, 0.3) is 11.1 Å². The molecule has 37 heavy (non-hydrogen) atoms. The van der Waals surface area contributed by atoms with E-state index in [0.29, 0.717) is 27.6 Å². The predicted molar refractivity (Wildman–Crippen MR) is 139 cm³/mol. The minimum Gasteiger partial charge on any atom is -0.496 e. The molecule has 4 aromatic rings. The maximum Gasteiger partial charge on any atom is 0.344 e. The molecule has 0 fully saturated rings. The van der Waals surface area contributed by atoms with Crippen molar-refractivity contribution < 1.29 is 33.3 Å². The number of thioether (sulfide) groups is 1. The summed E-state index contributed by atoms with van der Waals surface area (Å²) in [7, 11) is 1.50. The van der Waals surface area contributed by atoms with Crippen LogP contribution < -0.4 is 9.47 Å². The van der Waals surface area contributed by atoms with Crippen LogP contribution in [0, 0.1) is 0 Å². The summed E-state index contributed by atoms with van der Waals surface area (Å²) in [6.07, 6.45) is 1.44. The highest BCUT2D eigenvalue weighted by Gasteiger charge is 2.20. The van der Waals surface area contributed by atoms with Gasteiger partial charge in [0.2, 0.25) is 0 Å². The van der Waals surface area contributed by atoms with Gasteiger partial charge in [-0.3, -0.25) is 0 Å². The Morgan fingerprint density at radius 3 is 2.65 bits per heavy atom. The van der Waals surface area contributed by atoms with E-state index < -0.39 is 11.9 Å². The summed E-state index contributed by atoms with van der Waals surface area (Å²) in [4.78, 5) is 23.9. The molecule has 0 unspecified atom stereocenters. The van der Waals surface area contributed by atoms with Gasteiger partial charge in [-0.15, -0.1) is 10.2 Å². The summed E-state index contributed by atoms with van der Waals surface area (Å²) in [6, 6.07) is 15.8. The standard InChI is InChI=1S/C26H21ClN2O7S/c1-3-34-23(30)14-35-21-10-8-15-6-4-5-7-17(15)18(21)13-22(25(31)32)37-26-29-28-24(36-26)19-12-16(27)9-11-20(19)33-2/h4-13H,3,14H2,1-2H3,(H,31,32)/b22-13-. The van der Waals surface area contributed by atoms with Gasteiger partial charge in [0.15, 0.2) is 6.61 Å². The number of methoxy groups -OCH3 is 1. The van der Waals surface area contributed by atoms with Crippen molar-refractivity contribution in [1.29, 1.82) is 0 Å². The molecule has 190 valence electrons. The molecule has 9 nitrogen and oxygen atoms in total. The number of carbonyl (C=O) groups excluding carboxylic acids is 1. The van der Waals surface area contributed by atoms with Crippen LogP contribution in [0.3, 0.4) is 0 Å². The first-order valence-corrected chi connectivity index (χ1v) is 12.2. The predicted octanol–water partition coefficient (Wildman–Crippen LogP) is 5.71. The molecule has 0 aliphatic rings. The number of hydrogen-bond acceptors (Lipinski definition) is 9. The van der Waals surface area contributed by atoms with Crippen LogP contribution in [0.25, 0.3) is 28.3 Å². The van der Waals surface area contributed by atoms with Crippen LogP contribution in [0.15, 0.2) is 69.1 Å². The van der Waals surface area contributed by atoms with Crippen molar-refractivity contribution in [3.63, 3.8) is 0 Å².